The number of likely N-dealkylation sites (tertiary alicyclic amines) is 1. The minimum absolute atomic E-state index is 0.0113. The van der Waals surface area contributed by atoms with Gasteiger partial charge < -0.3 is 20.6 Å². The third kappa shape index (κ3) is 3.24. The lowest BCUT2D eigenvalue weighted by molar-refractivity contribution is -0.143. The van der Waals surface area contributed by atoms with Gasteiger partial charge in [0, 0.05) is 12.3 Å². The Morgan fingerprint density at radius 3 is 2.76 bits per heavy atom. The number of nitrogens with one attached hydrogen (secondary N) is 2. The van der Waals surface area contributed by atoms with Crippen LogP contribution in [-0.2, 0) is 21.1 Å². The van der Waals surface area contributed by atoms with Gasteiger partial charge >= 0.3 is 0 Å². The predicted octanol–water partition coefficient (Wildman–Crippen LogP) is 0.359. The van der Waals surface area contributed by atoms with Crippen molar-refractivity contribution in [2.45, 2.75) is 55.4 Å². The molecule has 2 unspecified atom stereocenters. The molecule has 3 saturated heterocycles. The van der Waals surface area contributed by atoms with Crippen LogP contribution >= 0.6 is 11.8 Å². The number of amides is 3. The van der Waals surface area contributed by atoms with Gasteiger partial charge in [0.25, 0.3) is 0 Å². The lowest BCUT2D eigenvalue weighted by Gasteiger charge is -2.38. The number of para-hydroxylation sites is 1. The van der Waals surface area contributed by atoms with Crippen LogP contribution in [-0.4, -0.2) is 78.5 Å². The SMILES string of the molecule is CNC(=O)[C@@H]1[C@H]2C(=O)N([C@@H](CO)C(C)C)C(C(=O)NCn3nnc4ccccc43)C23CC[C@H]1S3. The van der Waals surface area contributed by atoms with Gasteiger partial charge in [0.2, 0.25) is 17.7 Å². The van der Waals surface area contributed by atoms with Crippen molar-refractivity contribution in [2.24, 2.45) is 17.8 Å². The van der Waals surface area contributed by atoms with E-state index in [1.165, 1.54) is 0 Å². The minimum Gasteiger partial charge on any atom is -0.394 e. The van der Waals surface area contributed by atoms with Crippen LogP contribution in [0.5, 0.6) is 0 Å². The molecule has 1 aromatic heterocycles. The summed E-state index contributed by atoms with van der Waals surface area (Å²) in [6.07, 6.45) is 1.46. The Hall–Kier alpha value is -2.66. The highest BCUT2D eigenvalue weighted by molar-refractivity contribution is 8.02. The Kier molecular flexibility index (Phi) is 5.79. The second-order valence-corrected chi connectivity index (χ2v) is 11.3. The minimum atomic E-state index is -0.774. The zero-order valence-corrected chi connectivity index (χ0v) is 20.3. The molecule has 0 aliphatic carbocycles. The van der Waals surface area contributed by atoms with Crippen molar-refractivity contribution in [2.75, 3.05) is 13.7 Å². The fraction of sp³-hybridized carbons (Fsp3) is 0.609. The van der Waals surface area contributed by atoms with Gasteiger partial charge in [0.15, 0.2) is 0 Å². The first kappa shape index (κ1) is 23.1. The summed E-state index contributed by atoms with van der Waals surface area (Å²) in [6, 6.07) is 6.20. The normalized spacial score (nSPS) is 30.7. The number of carbonyl (C=O) groups is 3. The summed E-state index contributed by atoms with van der Waals surface area (Å²) in [5.74, 6) is -1.76. The smallest absolute Gasteiger partial charge is 0.245 e. The van der Waals surface area contributed by atoms with Gasteiger partial charge in [-0.3, -0.25) is 14.4 Å². The zero-order valence-electron chi connectivity index (χ0n) is 19.5. The largest absolute Gasteiger partial charge is 0.394 e. The first-order chi connectivity index (χ1) is 16.3. The highest BCUT2D eigenvalue weighted by Crippen LogP contribution is 2.66. The highest BCUT2D eigenvalue weighted by atomic mass is 32.2. The molecule has 6 atom stereocenters. The number of thioether (sulfide) groups is 1. The molecule has 3 N–H and O–H groups in total. The molecular weight excluding hydrogens is 456 g/mol. The van der Waals surface area contributed by atoms with Gasteiger partial charge in [-0.15, -0.1) is 16.9 Å². The third-order valence-electron chi connectivity index (χ3n) is 7.67. The molecule has 3 fully saturated rings. The van der Waals surface area contributed by atoms with E-state index >= 15 is 0 Å². The number of hydrogen-bond donors (Lipinski definition) is 3. The van der Waals surface area contributed by atoms with Crippen molar-refractivity contribution in [3.05, 3.63) is 24.3 Å². The Labute approximate surface area is 201 Å². The van der Waals surface area contributed by atoms with E-state index in [2.05, 4.69) is 20.9 Å². The molecule has 2 aromatic rings. The maximum absolute atomic E-state index is 13.8. The third-order valence-corrected chi connectivity index (χ3v) is 9.62. The fourth-order valence-electron chi connectivity index (χ4n) is 6.12. The van der Waals surface area contributed by atoms with E-state index in [1.807, 2.05) is 38.1 Å². The number of aliphatic hydroxyl groups is 1. The molecule has 4 heterocycles. The van der Waals surface area contributed by atoms with Crippen LogP contribution in [0.2, 0.25) is 0 Å². The van der Waals surface area contributed by atoms with Crippen LogP contribution in [0, 0.1) is 17.8 Å². The first-order valence-electron chi connectivity index (χ1n) is 11.7. The van der Waals surface area contributed by atoms with Gasteiger partial charge in [0.05, 0.1) is 34.7 Å². The van der Waals surface area contributed by atoms with E-state index < -0.39 is 28.7 Å². The molecule has 0 radical (unpaired) electrons. The van der Waals surface area contributed by atoms with Crippen molar-refractivity contribution in [1.29, 1.82) is 0 Å². The number of nitrogens with zero attached hydrogens (tertiary/aromatic N) is 4. The Bertz CT molecular complexity index is 1140. The molecule has 3 aliphatic rings. The summed E-state index contributed by atoms with van der Waals surface area (Å²) in [7, 11) is 1.58. The predicted molar refractivity (Wildman–Crippen MR) is 126 cm³/mol. The van der Waals surface area contributed by atoms with Crippen LogP contribution < -0.4 is 10.6 Å². The molecule has 10 nitrogen and oxygen atoms in total. The Balaban J connectivity index is 1.49. The molecule has 1 spiro atoms. The lowest BCUT2D eigenvalue weighted by atomic mass is 9.71. The van der Waals surface area contributed by atoms with Gasteiger partial charge in [0.1, 0.15) is 18.2 Å². The highest BCUT2D eigenvalue weighted by Gasteiger charge is 2.74. The maximum Gasteiger partial charge on any atom is 0.245 e. The summed E-state index contributed by atoms with van der Waals surface area (Å²) in [5.41, 5.74) is 1.52. The van der Waals surface area contributed by atoms with Gasteiger partial charge in [-0.25, -0.2) is 4.68 Å². The number of rotatable bonds is 7. The average Bonchev–Trinajstić information content (AvgIpc) is 3.57. The molecule has 2 bridgehead atoms. The Morgan fingerprint density at radius 2 is 2.06 bits per heavy atom. The zero-order chi connectivity index (χ0) is 24.2. The average molecular weight is 487 g/mol. The van der Waals surface area contributed by atoms with Crippen LogP contribution in [0.3, 0.4) is 0 Å². The van der Waals surface area contributed by atoms with E-state index in [0.717, 1.165) is 17.5 Å². The van der Waals surface area contributed by atoms with Crippen LogP contribution in [0.25, 0.3) is 11.0 Å². The van der Waals surface area contributed by atoms with E-state index in [0.29, 0.717) is 6.42 Å². The number of aliphatic hydroxyl groups excluding tert-OH is 1. The lowest BCUT2D eigenvalue weighted by Crippen LogP contribution is -2.57. The van der Waals surface area contributed by atoms with Crippen LogP contribution in [0.1, 0.15) is 26.7 Å². The van der Waals surface area contributed by atoms with E-state index in [1.54, 1.807) is 28.4 Å². The molecule has 3 aliphatic heterocycles. The number of aromatic nitrogens is 3. The fourth-order valence-corrected chi connectivity index (χ4v) is 8.32. The van der Waals surface area contributed by atoms with Crippen molar-refractivity contribution in [3.8, 4) is 0 Å². The summed E-state index contributed by atoms with van der Waals surface area (Å²) < 4.78 is 0.928. The number of carbonyl (C=O) groups excluding carboxylic acids is 3. The standard InChI is InChI=1S/C23H30N6O4S/c1-12(2)15(10-30)29-19(21(32)25-11-28-14-7-5-4-6-13(14)26-27-28)23-9-8-16(34-23)17(20(31)24-3)18(23)22(29)33/h4-7,12,15-19,30H,8-11H2,1-3H3,(H,24,31)(H,25,32)/t15-,16+,17-,18-,19?,23?/m0/s1. The molecular formula is C23H30N6O4S. The van der Waals surface area contributed by atoms with Crippen molar-refractivity contribution >= 4 is 40.5 Å². The second-order valence-electron chi connectivity index (χ2n) is 9.69. The molecule has 5 rings (SSSR count). The van der Waals surface area contributed by atoms with E-state index in [9.17, 15) is 19.5 Å². The monoisotopic (exact) mass is 486 g/mol. The van der Waals surface area contributed by atoms with E-state index in [-0.39, 0.29) is 42.2 Å². The maximum atomic E-state index is 13.8. The van der Waals surface area contributed by atoms with Crippen molar-refractivity contribution in [3.63, 3.8) is 0 Å². The first-order valence-corrected chi connectivity index (χ1v) is 12.6. The van der Waals surface area contributed by atoms with Crippen molar-refractivity contribution < 1.29 is 19.5 Å². The molecule has 34 heavy (non-hydrogen) atoms. The topological polar surface area (TPSA) is 129 Å². The van der Waals surface area contributed by atoms with Gasteiger partial charge in [-0.1, -0.05) is 31.2 Å². The van der Waals surface area contributed by atoms with Crippen LogP contribution in [0.15, 0.2) is 24.3 Å². The molecule has 182 valence electrons. The molecule has 1 aromatic carbocycles. The number of hydrogen-bond acceptors (Lipinski definition) is 7. The van der Waals surface area contributed by atoms with Gasteiger partial charge in [-0.05, 0) is 30.9 Å². The quantitative estimate of drug-likeness (QED) is 0.515. The van der Waals surface area contributed by atoms with Gasteiger partial charge in [-0.2, -0.15) is 0 Å². The summed E-state index contributed by atoms with van der Waals surface area (Å²) in [6.45, 7) is 3.72. The summed E-state index contributed by atoms with van der Waals surface area (Å²) in [4.78, 5) is 42.0. The molecule has 3 amide bonds. The van der Waals surface area contributed by atoms with Crippen molar-refractivity contribution in [1.82, 2.24) is 30.5 Å². The molecule has 0 saturated carbocycles. The number of benzene rings is 1. The summed E-state index contributed by atoms with van der Waals surface area (Å²) in [5, 5.41) is 24.2. The Morgan fingerprint density at radius 1 is 1.29 bits per heavy atom. The summed E-state index contributed by atoms with van der Waals surface area (Å²) >= 11 is 1.61. The van der Waals surface area contributed by atoms with E-state index in [4.69, 9.17) is 0 Å². The molecule has 11 heteroatoms. The van der Waals surface area contributed by atoms with Crippen LogP contribution in [0.4, 0.5) is 0 Å². The second kappa shape index (κ2) is 8.53. The number of fused-ring (bicyclic) bond motifs is 2.